The lowest BCUT2D eigenvalue weighted by atomic mass is 9.75. The number of rotatable bonds is 5. The maximum Gasteiger partial charge on any atom is 0.323 e. The molecule has 1 rings (SSSR count). The molecule has 0 aromatic rings. The van der Waals surface area contributed by atoms with Crippen molar-refractivity contribution < 1.29 is 14.7 Å². The Kier molecular flexibility index (Phi) is 5.84. The minimum atomic E-state index is -0.968. The molecule has 1 fully saturated rings. The van der Waals surface area contributed by atoms with Crippen LogP contribution in [0.3, 0.4) is 0 Å². The first kappa shape index (κ1) is 16.8. The number of nitrogens with one attached hydrogen (secondary N) is 1. The summed E-state index contributed by atoms with van der Waals surface area (Å²) in [4.78, 5) is 24.6. The van der Waals surface area contributed by atoms with Crippen molar-refractivity contribution in [1.29, 1.82) is 0 Å². The Balaban J connectivity index is 2.63. The molecule has 5 heteroatoms. The lowest BCUT2D eigenvalue weighted by Crippen LogP contribution is -2.51. The van der Waals surface area contributed by atoms with Gasteiger partial charge in [-0.15, -0.1) is 0 Å². The molecule has 0 bridgehead atoms. The standard InChI is InChI=1S/C15H28N2O3/c1-5-11(2)17(10-13(18)19)14(20)16-12-7-6-8-15(3,4)9-12/h11-12H,5-10H2,1-4H3,(H,16,20)(H,18,19). The molecule has 0 radical (unpaired) electrons. The fourth-order valence-corrected chi connectivity index (χ4v) is 2.87. The van der Waals surface area contributed by atoms with E-state index in [2.05, 4.69) is 19.2 Å². The summed E-state index contributed by atoms with van der Waals surface area (Å²) < 4.78 is 0. The van der Waals surface area contributed by atoms with Gasteiger partial charge >= 0.3 is 12.0 Å². The van der Waals surface area contributed by atoms with Crippen LogP contribution in [0.5, 0.6) is 0 Å². The lowest BCUT2D eigenvalue weighted by Gasteiger charge is -2.37. The van der Waals surface area contributed by atoms with E-state index in [-0.39, 0.29) is 30.1 Å². The molecule has 0 aromatic heterocycles. The largest absolute Gasteiger partial charge is 0.480 e. The maximum absolute atomic E-state index is 12.3. The molecule has 1 aliphatic rings. The molecule has 2 atom stereocenters. The molecule has 2 unspecified atom stereocenters. The van der Waals surface area contributed by atoms with E-state index in [0.717, 1.165) is 25.7 Å². The van der Waals surface area contributed by atoms with Crippen molar-refractivity contribution in [2.45, 2.75) is 71.9 Å². The van der Waals surface area contributed by atoms with Crippen molar-refractivity contribution in [2.24, 2.45) is 5.41 Å². The molecule has 0 aromatic carbocycles. The molecule has 0 spiro atoms. The number of amides is 2. The van der Waals surface area contributed by atoms with E-state index >= 15 is 0 Å². The molecule has 0 aliphatic heterocycles. The Bertz CT molecular complexity index is 355. The van der Waals surface area contributed by atoms with Crippen LogP contribution in [0.4, 0.5) is 4.79 Å². The number of nitrogens with zero attached hydrogens (tertiary/aromatic N) is 1. The van der Waals surface area contributed by atoms with Crippen molar-refractivity contribution in [3.63, 3.8) is 0 Å². The van der Waals surface area contributed by atoms with Gasteiger partial charge in [0.1, 0.15) is 6.54 Å². The summed E-state index contributed by atoms with van der Waals surface area (Å²) in [6.07, 6.45) is 4.98. The number of aliphatic carboxylic acids is 1. The Labute approximate surface area is 121 Å². The lowest BCUT2D eigenvalue weighted by molar-refractivity contribution is -0.138. The molecule has 1 aliphatic carbocycles. The molecule has 2 amide bonds. The average molecular weight is 284 g/mol. The van der Waals surface area contributed by atoms with Gasteiger partial charge in [-0.2, -0.15) is 0 Å². The van der Waals surface area contributed by atoms with Crippen molar-refractivity contribution in [1.82, 2.24) is 10.2 Å². The number of carboxylic acids is 1. The van der Waals surface area contributed by atoms with Crippen LogP contribution in [0, 0.1) is 5.41 Å². The second-order valence-corrected chi connectivity index (χ2v) is 6.69. The third-order valence-electron chi connectivity index (χ3n) is 4.22. The molecule has 0 saturated heterocycles. The zero-order valence-corrected chi connectivity index (χ0v) is 13.1. The Morgan fingerprint density at radius 2 is 2.10 bits per heavy atom. The number of carbonyl (C=O) groups is 2. The van der Waals surface area contributed by atoms with Crippen LogP contribution >= 0.6 is 0 Å². The highest BCUT2D eigenvalue weighted by atomic mass is 16.4. The molecule has 5 nitrogen and oxygen atoms in total. The Hall–Kier alpha value is -1.26. The SMILES string of the molecule is CCC(C)N(CC(=O)O)C(=O)NC1CCCC(C)(C)C1. The number of carboxylic acid groups (broad SMARTS) is 1. The van der Waals surface area contributed by atoms with E-state index in [9.17, 15) is 9.59 Å². The fourth-order valence-electron chi connectivity index (χ4n) is 2.87. The highest BCUT2D eigenvalue weighted by Crippen LogP contribution is 2.35. The minimum Gasteiger partial charge on any atom is -0.480 e. The van der Waals surface area contributed by atoms with Crippen molar-refractivity contribution in [2.75, 3.05) is 6.54 Å². The fraction of sp³-hybridized carbons (Fsp3) is 0.867. The highest BCUT2D eigenvalue weighted by molar-refractivity contribution is 5.80. The van der Waals surface area contributed by atoms with Crippen molar-refractivity contribution >= 4 is 12.0 Å². The quantitative estimate of drug-likeness (QED) is 0.815. The summed E-state index contributed by atoms with van der Waals surface area (Å²) in [6.45, 7) is 8.03. The van der Waals surface area contributed by atoms with Crippen LogP contribution in [0.2, 0.25) is 0 Å². The number of hydrogen-bond acceptors (Lipinski definition) is 2. The first-order valence-electron chi connectivity index (χ1n) is 7.54. The Morgan fingerprint density at radius 3 is 2.60 bits per heavy atom. The van der Waals surface area contributed by atoms with E-state index < -0.39 is 5.97 Å². The van der Waals surface area contributed by atoms with Gasteiger partial charge in [0.2, 0.25) is 0 Å². The first-order valence-corrected chi connectivity index (χ1v) is 7.54. The van der Waals surface area contributed by atoms with Gasteiger partial charge in [0, 0.05) is 12.1 Å². The van der Waals surface area contributed by atoms with Gasteiger partial charge in [0.25, 0.3) is 0 Å². The summed E-state index contributed by atoms with van der Waals surface area (Å²) in [5.41, 5.74) is 0.254. The highest BCUT2D eigenvalue weighted by Gasteiger charge is 2.30. The third kappa shape index (κ3) is 5.02. The predicted molar refractivity (Wildman–Crippen MR) is 78.7 cm³/mol. The second-order valence-electron chi connectivity index (χ2n) is 6.69. The molecule has 116 valence electrons. The van der Waals surface area contributed by atoms with Crippen LogP contribution in [-0.2, 0) is 4.79 Å². The van der Waals surface area contributed by atoms with E-state index in [1.54, 1.807) is 0 Å². The molecule has 1 saturated carbocycles. The topological polar surface area (TPSA) is 69.6 Å². The zero-order valence-electron chi connectivity index (χ0n) is 13.1. The average Bonchev–Trinajstić information content (AvgIpc) is 2.33. The monoisotopic (exact) mass is 284 g/mol. The normalized spacial score (nSPS) is 22.9. The summed E-state index contributed by atoms with van der Waals surface area (Å²) in [7, 11) is 0. The smallest absolute Gasteiger partial charge is 0.323 e. The summed E-state index contributed by atoms with van der Waals surface area (Å²) in [5, 5.41) is 12.0. The summed E-state index contributed by atoms with van der Waals surface area (Å²) in [6, 6.07) is -0.154. The van der Waals surface area contributed by atoms with E-state index in [1.807, 2.05) is 13.8 Å². The van der Waals surface area contributed by atoms with E-state index in [0.29, 0.717) is 0 Å². The molecule has 0 heterocycles. The second kappa shape index (κ2) is 6.95. The van der Waals surface area contributed by atoms with E-state index in [1.165, 1.54) is 11.3 Å². The van der Waals surface area contributed by atoms with Gasteiger partial charge in [0.05, 0.1) is 0 Å². The van der Waals surface area contributed by atoms with Gasteiger partial charge in [-0.1, -0.05) is 27.2 Å². The summed E-state index contributed by atoms with van der Waals surface area (Å²) in [5.74, 6) is -0.968. The number of urea groups is 1. The van der Waals surface area contributed by atoms with Crippen LogP contribution in [0.15, 0.2) is 0 Å². The number of carbonyl (C=O) groups excluding carboxylic acids is 1. The van der Waals surface area contributed by atoms with Gasteiger partial charge in [0.15, 0.2) is 0 Å². The van der Waals surface area contributed by atoms with Gasteiger partial charge in [-0.05, 0) is 38.0 Å². The van der Waals surface area contributed by atoms with Gasteiger partial charge in [-0.25, -0.2) is 4.79 Å². The summed E-state index contributed by atoms with van der Waals surface area (Å²) >= 11 is 0. The minimum absolute atomic E-state index is 0.0669. The first-order chi connectivity index (χ1) is 9.25. The third-order valence-corrected chi connectivity index (χ3v) is 4.22. The van der Waals surface area contributed by atoms with Crippen LogP contribution < -0.4 is 5.32 Å². The zero-order chi connectivity index (χ0) is 15.3. The molecule has 2 N–H and O–H groups in total. The van der Waals surface area contributed by atoms with E-state index in [4.69, 9.17) is 5.11 Å². The van der Waals surface area contributed by atoms with Gasteiger partial charge in [-0.3, -0.25) is 4.79 Å². The van der Waals surface area contributed by atoms with Gasteiger partial charge < -0.3 is 15.3 Å². The van der Waals surface area contributed by atoms with Crippen molar-refractivity contribution in [3.05, 3.63) is 0 Å². The van der Waals surface area contributed by atoms with Crippen LogP contribution in [0.25, 0.3) is 0 Å². The maximum atomic E-state index is 12.3. The molecular formula is C15H28N2O3. The molecular weight excluding hydrogens is 256 g/mol. The van der Waals surface area contributed by atoms with Crippen LogP contribution in [0.1, 0.15) is 59.8 Å². The predicted octanol–water partition coefficient (Wildman–Crippen LogP) is 2.85. The molecule has 20 heavy (non-hydrogen) atoms. The Morgan fingerprint density at radius 1 is 1.45 bits per heavy atom. The number of hydrogen-bond donors (Lipinski definition) is 2. The van der Waals surface area contributed by atoms with Crippen LogP contribution in [-0.4, -0.2) is 40.6 Å². The van der Waals surface area contributed by atoms with Crippen molar-refractivity contribution in [3.8, 4) is 0 Å².